The molecule has 6 nitrogen and oxygen atoms in total. The van der Waals surface area contributed by atoms with Gasteiger partial charge in [0, 0.05) is 49.5 Å². The minimum Gasteiger partial charge on any atom is -0.378 e. The van der Waals surface area contributed by atoms with Gasteiger partial charge in [0.1, 0.15) is 0 Å². The van der Waals surface area contributed by atoms with Gasteiger partial charge in [0.05, 0.1) is 10.6 Å². The summed E-state index contributed by atoms with van der Waals surface area (Å²) < 4.78 is 0. The van der Waals surface area contributed by atoms with E-state index in [1.165, 1.54) is 12.1 Å². The Morgan fingerprint density at radius 1 is 0.889 bits per heavy atom. The quantitative estimate of drug-likeness (QED) is 0.375. The Morgan fingerprint density at radius 3 is 1.96 bits per heavy atom. The molecule has 0 aliphatic rings. The fourth-order valence-electron chi connectivity index (χ4n) is 2.47. The van der Waals surface area contributed by atoms with Crippen LogP contribution in [0.3, 0.4) is 0 Å². The first kappa shape index (κ1) is 18.1. The molecule has 0 radical (unpaired) electrons. The zero-order chi connectivity index (χ0) is 19.2. The summed E-state index contributed by atoms with van der Waals surface area (Å²) in [6.45, 7) is 0. The second-order valence-corrected chi connectivity index (χ2v) is 6.22. The summed E-state index contributed by atoms with van der Waals surface area (Å²) in [5.74, 6) is 0. The number of nitro groups is 1. The van der Waals surface area contributed by atoms with Gasteiger partial charge in [-0.2, -0.15) is 0 Å². The number of hydrogen-bond acceptors (Lipinski definition) is 5. The Balaban J connectivity index is 1.63. The van der Waals surface area contributed by atoms with Gasteiger partial charge in [-0.1, -0.05) is 0 Å². The van der Waals surface area contributed by atoms with E-state index in [-0.39, 0.29) is 5.69 Å². The topological polar surface area (TPSA) is 70.8 Å². The number of nitro benzene ring substituents is 1. The lowest BCUT2D eigenvalue weighted by atomic mass is 10.2. The molecule has 1 N–H and O–H groups in total. The van der Waals surface area contributed by atoms with Gasteiger partial charge in [-0.3, -0.25) is 15.1 Å². The molecule has 0 saturated carbocycles. The van der Waals surface area contributed by atoms with Crippen molar-refractivity contribution < 1.29 is 4.92 Å². The van der Waals surface area contributed by atoms with Crippen LogP contribution in [0.4, 0.5) is 28.4 Å². The zero-order valence-electron chi connectivity index (χ0n) is 15.2. The maximum atomic E-state index is 10.7. The van der Waals surface area contributed by atoms with Crippen molar-refractivity contribution in [3.63, 3.8) is 0 Å². The first-order chi connectivity index (χ1) is 13.0. The predicted molar refractivity (Wildman–Crippen MR) is 111 cm³/mol. The van der Waals surface area contributed by atoms with E-state index in [1.807, 2.05) is 50.5 Å². The molecule has 0 heterocycles. The number of nitrogens with one attached hydrogen (secondary N) is 1. The van der Waals surface area contributed by atoms with Crippen LogP contribution in [0.1, 0.15) is 5.56 Å². The van der Waals surface area contributed by atoms with E-state index in [9.17, 15) is 10.1 Å². The van der Waals surface area contributed by atoms with E-state index in [0.717, 1.165) is 28.3 Å². The summed E-state index contributed by atoms with van der Waals surface area (Å²) in [4.78, 5) is 16.7. The van der Waals surface area contributed by atoms with Crippen LogP contribution >= 0.6 is 0 Å². The summed E-state index contributed by atoms with van der Waals surface area (Å²) in [5, 5.41) is 14.0. The van der Waals surface area contributed by atoms with E-state index in [2.05, 4.69) is 27.3 Å². The molecular formula is C21H20N4O2. The molecule has 136 valence electrons. The number of anilines is 3. The molecule has 3 aromatic rings. The summed E-state index contributed by atoms with van der Waals surface area (Å²) in [7, 11) is 4.02. The molecule has 0 aliphatic carbocycles. The monoisotopic (exact) mass is 360 g/mol. The maximum absolute atomic E-state index is 10.7. The first-order valence-corrected chi connectivity index (χ1v) is 8.44. The number of hydrogen-bond donors (Lipinski definition) is 1. The van der Waals surface area contributed by atoms with Crippen LogP contribution in [0, 0.1) is 10.1 Å². The van der Waals surface area contributed by atoms with Crippen molar-refractivity contribution in [2.24, 2.45) is 4.99 Å². The summed E-state index contributed by atoms with van der Waals surface area (Å²) in [5.41, 5.74) is 4.83. The highest BCUT2D eigenvalue weighted by Gasteiger charge is 2.02. The van der Waals surface area contributed by atoms with Crippen LogP contribution < -0.4 is 10.2 Å². The lowest BCUT2D eigenvalue weighted by Crippen LogP contribution is -2.08. The Labute approximate surface area is 157 Å². The SMILES string of the molecule is CN(C)c1ccc(Nc2ccc(N=Cc3ccc([N+](=O)[O-])cc3)cc2)cc1. The fraction of sp³-hybridized carbons (Fsp3) is 0.0952. The van der Waals surface area contributed by atoms with Gasteiger partial charge in [0.2, 0.25) is 0 Å². The first-order valence-electron chi connectivity index (χ1n) is 8.44. The predicted octanol–water partition coefficient (Wildman–Crippen LogP) is 5.16. The number of aliphatic imine (C=N–C) groups is 1. The Morgan fingerprint density at radius 2 is 1.44 bits per heavy atom. The summed E-state index contributed by atoms with van der Waals surface area (Å²) in [6, 6.07) is 22.2. The normalized spacial score (nSPS) is 10.7. The molecule has 0 spiro atoms. The molecule has 0 fully saturated rings. The van der Waals surface area contributed by atoms with Crippen LogP contribution in [-0.4, -0.2) is 25.2 Å². The molecule has 3 aromatic carbocycles. The van der Waals surface area contributed by atoms with E-state index < -0.39 is 4.92 Å². The van der Waals surface area contributed by atoms with Crippen molar-refractivity contribution in [3.05, 3.63) is 88.5 Å². The summed E-state index contributed by atoms with van der Waals surface area (Å²) >= 11 is 0. The van der Waals surface area contributed by atoms with E-state index in [0.29, 0.717) is 0 Å². The van der Waals surface area contributed by atoms with E-state index >= 15 is 0 Å². The van der Waals surface area contributed by atoms with Crippen molar-refractivity contribution in [1.29, 1.82) is 0 Å². The highest BCUT2D eigenvalue weighted by molar-refractivity contribution is 5.82. The smallest absolute Gasteiger partial charge is 0.269 e. The van der Waals surface area contributed by atoms with Gasteiger partial charge >= 0.3 is 0 Å². The van der Waals surface area contributed by atoms with E-state index in [4.69, 9.17) is 0 Å². The fourth-order valence-corrected chi connectivity index (χ4v) is 2.47. The Bertz CT molecular complexity index is 931. The molecule has 0 saturated heterocycles. The molecule has 0 bridgehead atoms. The second-order valence-electron chi connectivity index (χ2n) is 6.22. The number of nitrogens with zero attached hydrogens (tertiary/aromatic N) is 3. The van der Waals surface area contributed by atoms with Crippen LogP contribution in [-0.2, 0) is 0 Å². The molecule has 0 aliphatic heterocycles. The van der Waals surface area contributed by atoms with Crippen molar-refractivity contribution in [1.82, 2.24) is 0 Å². The van der Waals surface area contributed by atoms with Crippen molar-refractivity contribution in [2.45, 2.75) is 0 Å². The third-order valence-electron chi connectivity index (χ3n) is 4.01. The average Bonchev–Trinajstić information content (AvgIpc) is 2.68. The van der Waals surface area contributed by atoms with E-state index in [1.54, 1.807) is 18.3 Å². The Hall–Kier alpha value is -3.67. The number of non-ortho nitro benzene ring substituents is 1. The average molecular weight is 360 g/mol. The molecule has 0 atom stereocenters. The van der Waals surface area contributed by atoms with Crippen LogP contribution in [0.25, 0.3) is 0 Å². The lowest BCUT2D eigenvalue weighted by Gasteiger charge is -2.13. The minimum absolute atomic E-state index is 0.0705. The largest absolute Gasteiger partial charge is 0.378 e. The Kier molecular flexibility index (Phi) is 5.47. The molecule has 0 unspecified atom stereocenters. The van der Waals surface area contributed by atoms with Crippen LogP contribution in [0.5, 0.6) is 0 Å². The molecule has 27 heavy (non-hydrogen) atoms. The lowest BCUT2D eigenvalue weighted by molar-refractivity contribution is -0.384. The van der Waals surface area contributed by atoms with Gasteiger partial charge in [0.15, 0.2) is 0 Å². The molecule has 0 amide bonds. The van der Waals surface area contributed by atoms with Gasteiger partial charge < -0.3 is 10.2 Å². The van der Waals surface area contributed by atoms with Gasteiger partial charge in [-0.15, -0.1) is 0 Å². The zero-order valence-corrected chi connectivity index (χ0v) is 15.2. The molecule has 3 rings (SSSR count). The van der Waals surface area contributed by atoms with Gasteiger partial charge in [-0.25, -0.2) is 0 Å². The van der Waals surface area contributed by atoms with Crippen molar-refractivity contribution in [2.75, 3.05) is 24.3 Å². The number of rotatable bonds is 6. The van der Waals surface area contributed by atoms with Gasteiger partial charge in [-0.05, 0) is 66.2 Å². The van der Waals surface area contributed by atoms with Crippen molar-refractivity contribution in [3.8, 4) is 0 Å². The molecule has 0 aromatic heterocycles. The van der Waals surface area contributed by atoms with Crippen molar-refractivity contribution >= 4 is 34.7 Å². The second kappa shape index (κ2) is 8.14. The van der Waals surface area contributed by atoms with Gasteiger partial charge in [0.25, 0.3) is 5.69 Å². The maximum Gasteiger partial charge on any atom is 0.269 e. The summed E-state index contributed by atoms with van der Waals surface area (Å²) in [6.07, 6.45) is 1.69. The number of benzene rings is 3. The highest BCUT2D eigenvalue weighted by atomic mass is 16.6. The highest BCUT2D eigenvalue weighted by Crippen LogP contribution is 2.22. The third-order valence-corrected chi connectivity index (χ3v) is 4.01. The minimum atomic E-state index is -0.416. The van der Waals surface area contributed by atoms with Crippen LogP contribution in [0.2, 0.25) is 0 Å². The molecular weight excluding hydrogens is 340 g/mol. The standard InChI is InChI=1S/C21H20N4O2/c1-24(2)20-13-9-19(10-14-20)23-18-7-5-17(6-8-18)22-15-16-3-11-21(12-4-16)25(26)27/h3-15,23H,1-2H3. The van der Waals surface area contributed by atoms with Crippen LogP contribution in [0.15, 0.2) is 77.8 Å². The third kappa shape index (κ3) is 4.92. The molecule has 6 heteroatoms.